The Morgan fingerprint density at radius 3 is 2.41 bits per heavy atom. The SMILES string of the molecule is [2H]C([2H])([2H])c1ccccc1-c1cccc(-c2cc(C)cc[n+]2C)c1C. The second-order valence-corrected chi connectivity index (χ2v) is 5.72. The van der Waals surface area contributed by atoms with Crippen LogP contribution in [0.5, 0.6) is 0 Å². The van der Waals surface area contributed by atoms with E-state index in [1.807, 2.05) is 37.5 Å². The van der Waals surface area contributed by atoms with Gasteiger partial charge in [0.1, 0.15) is 7.05 Å². The normalized spacial score (nSPS) is 13.3. The van der Waals surface area contributed by atoms with Crippen LogP contribution in [0.1, 0.15) is 20.8 Å². The van der Waals surface area contributed by atoms with Gasteiger partial charge in [0.15, 0.2) is 6.20 Å². The highest BCUT2D eigenvalue weighted by Crippen LogP contribution is 2.32. The molecule has 1 heteroatoms. The van der Waals surface area contributed by atoms with Gasteiger partial charge in [0.2, 0.25) is 5.69 Å². The van der Waals surface area contributed by atoms with Crippen molar-refractivity contribution in [2.45, 2.75) is 20.7 Å². The van der Waals surface area contributed by atoms with Gasteiger partial charge in [-0.1, -0.05) is 36.4 Å². The van der Waals surface area contributed by atoms with Crippen molar-refractivity contribution in [3.63, 3.8) is 0 Å². The monoisotopic (exact) mass is 291 g/mol. The predicted octanol–water partition coefficient (Wildman–Crippen LogP) is 4.77. The molecule has 110 valence electrons. The summed E-state index contributed by atoms with van der Waals surface area (Å²) in [5, 5.41) is 0. The van der Waals surface area contributed by atoms with Crippen LogP contribution in [0.4, 0.5) is 0 Å². The lowest BCUT2D eigenvalue weighted by Gasteiger charge is -2.12. The number of pyridine rings is 1. The molecule has 1 aromatic heterocycles. The van der Waals surface area contributed by atoms with Crippen molar-refractivity contribution in [1.29, 1.82) is 0 Å². The van der Waals surface area contributed by atoms with Crippen LogP contribution in [-0.4, -0.2) is 0 Å². The van der Waals surface area contributed by atoms with Crippen LogP contribution in [0.25, 0.3) is 22.4 Å². The average Bonchev–Trinajstić information content (AvgIpc) is 2.57. The van der Waals surface area contributed by atoms with E-state index in [2.05, 4.69) is 36.6 Å². The van der Waals surface area contributed by atoms with E-state index < -0.39 is 6.85 Å². The van der Waals surface area contributed by atoms with Crippen LogP contribution in [0.3, 0.4) is 0 Å². The maximum absolute atomic E-state index is 7.84. The molecule has 0 aliphatic heterocycles. The predicted molar refractivity (Wildman–Crippen MR) is 92.7 cm³/mol. The molecular weight excluding hydrogens is 266 g/mol. The van der Waals surface area contributed by atoms with Gasteiger partial charge in [0, 0.05) is 21.8 Å². The number of aryl methyl sites for hydroxylation is 3. The van der Waals surface area contributed by atoms with Crippen molar-refractivity contribution >= 4 is 0 Å². The molecule has 0 aliphatic carbocycles. The first kappa shape index (κ1) is 11.2. The number of benzene rings is 2. The van der Waals surface area contributed by atoms with Gasteiger partial charge in [-0.25, -0.2) is 4.57 Å². The van der Waals surface area contributed by atoms with Crippen molar-refractivity contribution in [2.75, 3.05) is 0 Å². The first-order valence-corrected chi connectivity index (χ1v) is 7.45. The molecule has 0 radical (unpaired) electrons. The molecule has 0 unspecified atom stereocenters. The van der Waals surface area contributed by atoms with Gasteiger partial charge in [-0.05, 0) is 54.6 Å². The molecule has 0 N–H and O–H groups in total. The second-order valence-electron chi connectivity index (χ2n) is 5.72. The Balaban J connectivity index is 2.24. The lowest BCUT2D eigenvalue weighted by Crippen LogP contribution is -2.30. The maximum atomic E-state index is 7.84. The highest BCUT2D eigenvalue weighted by atomic mass is 14.9. The van der Waals surface area contributed by atoms with Crippen LogP contribution in [0, 0.1) is 20.7 Å². The van der Waals surface area contributed by atoms with Crippen LogP contribution in [-0.2, 0) is 7.05 Å². The second kappa shape index (κ2) is 5.76. The zero-order chi connectivity index (χ0) is 18.2. The Morgan fingerprint density at radius 1 is 0.864 bits per heavy atom. The van der Waals surface area contributed by atoms with Crippen LogP contribution in [0.15, 0.2) is 60.8 Å². The van der Waals surface area contributed by atoms with Gasteiger partial charge in [0.25, 0.3) is 0 Å². The topological polar surface area (TPSA) is 3.88 Å². The van der Waals surface area contributed by atoms with Gasteiger partial charge in [-0.15, -0.1) is 0 Å². The fourth-order valence-corrected chi connectivity index (χ4v) is 2.87. The minimum atomic E-state index is -2.13. The third kappa shape index (κ3) is 2.55. The van der Waals surface area contributed by atoms with Gasteiger partial charge < -0.3 is 0 Å². The minimum Gasteiger partial charge on any atom is -0.201 e. The molecule has 0 aliphatic rings. The Labute approximate surface area is 137 Å². The molecule has 3 rings (SSSR count). The summed E-state index contributed by atoms with van der Waals surface area (Å²) in [5.74, 6) is 0. The lowest BCUT2D eigenvalue weighted by atomic mass is 9.92. The molecule has 1 heterocycles. The number of nitrogens with zero attached hydrogens (tertiary/aromatic N) is 1. The minimum absolute atomic E-state index is 0.392. The lowest BCUT2D eigenvalue weighted by molar-refractivity contribution is -0.660. The summed E-state index contributed by atoms with van der Waals surface area (Å²) >= 11 is 0. The molecule has 0 saturated heterocycles. The van der Waals surface area contributed by atoms with Crippen molar-refractivity contribution < 1.29 is 8.68 Å². The summed E-state index contributed by atoms with van der Waals surface area (Å²) in [6, 6.07) is 17.6. The summed E-state index contributed by atoms with van der Waals surface area (Å²) in [5.41, 5.74) is 6.64. The van der Waals surface area contributed by atoms with Gasteiger partial charge in [0.05, 0.1) is 0 Å². The van der Waals surface area contributed by atoms with E-state index in [4.69, 9.17) is 4.11 Å². The van der Waals surface area contributed by atoms with E-state index in [0.717, 1.165) is 27.9 Å². The summed E-state index contributed by atoms with van der Waals surface area (Å²) in [4.78, 5) is 0. The standard InChI is InChI=1S/C21H22N/c1-15-12-13-22(4)21(14-15)20-11-7-10-19(17(20)3)18-9-6-5-8-16(18)2/h5-14H,1-4H3/q+1/i2D3. The Hall–Kier alpha value is -2.41. The van der Waals surface area contributed by atoms with Crippen molar-refractivity contribution in [2.24, 2.45) is 7.05 Å². The quantitative estimate of drug-likeness (QED) is 0.599. The summed E-state index contributed by atoms with van der Waals surface area (Å²) in [6.07, 6.45) is 2.05. The number of hydrogen-bond donors (Lipinski definition) is 0. The third-order valence-corrected chi connectivity index (χ3v) is 4.13. The maximum Gasteiger partial charge on any atom is 0.212 e. The highest BCUT2D eigenvalue weighted by Gasteiger charge is 2.15. The molecule has 0 saturated carbocycles. The Morgan fingerprint density at radius 2 is 1.59 bits per heavy atom. The summed E-state index contributed by atoms with van der Waals surface area (Å²) < 4.78 is 25.6. The van der Waals surface area contributed by atoms with E-state index >= 15 is 0 Å². The fourth-order valence-electron chi connectivity index (χ4n) is 2.87. The molecule has 0 spiro atoms. The van der Waals surface area contributed by atoms with Crippen molar-refractivity contribution in [1.82, 2.24) is 0 Å². The molecule has 2 aromatic carbocycles. The van der Waals surface area contributed by atoms with Crippen LogP contribution >= 0.6 is 0 Å². The largest absolute Gasteiger partial charge is 0.212 e. The van der Waals surface area contributed by atoms with E-state index in [1.165, 1.54) is 5.56 Å². The smallest absolute Gasteiger partial charge is 0.201 e. The molecule has 22 heavy (non-hydrogen) atoms. The molecule has 0 fully saturated rings. The van der Waals surface area contributed by atoms with Crippen molar-refractivity contribution in [3.05, 3.63) is 77.5 Å². The molecule has 0 bridgehead atoms. The number of rotatable bonds is 2. The Kier molecular flexibility index (Phi) is 2.93. The Bertz CT molecular complexity index is 927. The molecule has 0 atom stereocenters. The van der Waals surface area contributed by atoms with E-state index in [1.54, 1.807) is 12.1 Å². The fraction of sp³-hybridized carbons (Fsp3) is 0.190. The molecule has 0 amide bonds. The third-order valence-electron chi connectivity index (χ3n) is 4.13. The van der Waals surface area contributed by atoms with Crippen LogP contribution in [0.2, 0.25) is 0 Å². The molecule has 1 nitrogen and oxygen atoms in total. The summed E-state index contributed by atoms with van der Waals surface area (Å²) in [6.45, 7) is 2.00. The first-order chi connectivity index (χ1) is 11.8. The van der Waals surface area contributed by atoms with E-state index in [-0.39, 0.29) is 0 Å². The van der Waals surface area contributed by atoms with Gasteiger partial charge in [-0.3, -0.25) is 0 Å². The number of aromatic nitrogens is 1. The van der Waals surface area contributed by atoms with Gasteiger partial charge >= 0.3 is 0 Å². The summed E-state index contributed by atoms with van der Waals surface area (Å²) in [7, 11) is 2.03. The zero-order valence-electron chi connectivity index (χ0n) is 16.2. The molecular formula is C21H22N+. The highest BCUT2D eigenvalue weighted by molar-refractivity contribution is 5.77. The zero-order valence-corrected chi connectivity index (χ0v) is 13.2. The molecule has 3 aromatic rings. The van der Waals surface area contributed by atoms with Crippen LogP contribution < -0.4 is 4.57 Å². The average molecular weight is 291 g/mol. The van der Waals surface area contributed by atoms with Gasteiger partial charge in [-0.2, -0.15) is 0 Å². The van der Waals surface area contributed by atoms with E-state index in [9.17, 15) is 0 Å². The van der Waals surface area contributed by atoms with Crippen molar-refractivity contribution in [3.8, 4) is 22.4 Å². The number of hydrogen-bond acceptors (Lipinski definition) is 0. The first-order valence-electron chi connectivity index (χ1n) is 8.95. The van der Waals surface area contributed by atoms with E-state index in [0.29, 0.717) is 5.56 Å².